The van der Waals surface area contributed by atoms with Crippen molar-refractivity contribution in [3.8, 4) is 11.1 Å². The maximum absolute atomic E-state index is 12.1. The molecule has 1 N–H and O–H groups in total. The molecule has 3 aromatic rings. The molecule has 28 heavy (non-hydrogen) atoms. The van der Waals surface area contributed by atoms with Crippen LogP contribution in [0.1, 0.15) is 0 Å². The van der Waals surface area contributed by atoms with Gasteiger partial charge in [0.2, 0.25) is 5.91 Å². The summed E-state index contributed by atoms with van der Waals surface area (Å²) in [6.07, 6.45) is 4.42. The van der Waals surface area contributed by atoms with Crippen molar-refractivity contribution in [1.29, 1.82) is 0 Å². The van der Waals surface area contributed by atoms with E-state index in [-0.39, 0.29) is 11.5 Å². The normalized spacial score (nSPS) is 14.3. The molecule has 1 aliphatic heterocycles. The summed E-state index contributed by atoms with van der Waals surface area (Å²) in [5.41, 5.74) is 1.62. The van der Waals surface area contributed by atoms with Crippen LogP contribution in [0.4, 0.5) is 5.82 Å². The summed E-state index contributed by atoms with van der Waals surface area (Å²) >= 11 is 6.51. The number of piperazine rings is 1. The lowest BCUT2D eigenvalue weighted by Crippen LogP contribution is -2.48. The molecule has 2 aromatic heterocycles. The Labute approximate surface area is 166 Å². The summed E-state index contributed by atoms with van der Waals surface area (Å²) in [5.74, 6) is 0.707. The molecule has 4 rings (SSSR count). The average molecular weight is 396 g/mol. The lowest BCUT2D eigenvalue weighted by molar-refractivity contribution is -0.126. The molecule has 1 fully saturated rings. The molecule has 1 saturated heterocycles. The molecular weight excluding hydrogens is 378 g/mol. The van der Waals surface area contributed by atoms with Gasteiger partial charge in [0.1, 0.15) is 12.1 Å². The summed E-state index contributed by atoms with van der Waals surface area (Å²) in [4.78, 5) is 39.3. The average Bonchev–Trinajstić information content (AvgIpc) is 2.73. The van der Waals surface area contributed by atoms with Gasteiger partial charge < -0.3 is 14.8 Å². The van der Waals surface area contributed by atoms with Crippen molar-refractivity contribution in [2.24, 2.45) is 0 Å². The molecule has 0 radical (unpaired) electrons. The third-order valence-electron chi connectivity index (χ3n) is 4.88. The van der Waals surface area contributed by atoms with Crippen LogP contribution in [-0.4, -0.2) is 51.9 Å². The van der Waals surface area contributed by atoms with Crippen LogP contribution in [0.2, 0.25) is 5.02 Å². The number of benzene rings is 1. The molecule has 7 nitrogen and oxygen atoms in total. The number of H-pyrrole nitrogens is 1. The molecule has 1 aliphatic rings. The van der Waals surface area contributed by atoms with Crippen molar-refractivity contribution in [1.82, 2.24) is 19.9 Å². The van der Waals surface area contributed by atoms with E-state index in [1.165, 1.54) is 12.4 Å². The second kappa shape index (κ2) is 7.44. The molecular formula is C20H18ClN5O2. The Bertz CT molecular complexity index is 1120. The van der Waals surface area contributed by atoms with Gasteiger partial charge in [-0.3, -0.25) is 9.59 Å². The van der Waals surface area contributed by atoms with Gasteiger partial charge in [-0.1, -0.05) is 18.2 Å². The summed E-state index contributed by atoms with van der Waals surface area (Å²) in [6, 6.07) is 7.09. The predicted octanol–water partition coefficient (Wildman–Crippen LogP) is 2.47. The van der Waals surface area contributed by atoms with Gasteiger partial charge in [0.15, 0.2) is 0 Å². The van der Waals surface area contributed by atoms with Crippen LogP contribution in [0.15, 0.2) is 54.2 Å². The molecule has 1 aromatic carbocycles. The maximum Gasteiger partial charge on any atom is 0.255 e. The number of nitrogens with one attached hydrogen (secondary N) is 1. The summed E-state index contributed by atoms with van der Waals surface area (Å²) < 4.78 is 0. The van der Waals surface area contributed by atoms with Crippen molar-refractivity contribution in [2.75, 3.05) is 31.1 Å². The first-order valence-electron chi connectivity index (χ1n) is 8.87. The van der Waals surface area contributed by atoms with E-state index in [1.807, 2.05) is 6.07 Å². The Morgan fingerprint density at radius 1 is 1.18 bits per heavy atom. The molecule has 0 spiro atoms. The quantitative estimate of drug-likeness (QED) is 0.689. The number of hydrogen-bond acceptors (Lipinski definition) is 5. The smallest absolute Gasteiger partial charge is 0.255 e. The molecule has 0 saturated carbocycles. The number of hydrogen-bond donors (Lipinski definition) is 1. The summed E-state index contributed by atoms with van der Waals surface area (Å²) in [6.45, 7) is 6.05. The molecule has 142 valence electrons. The SMILES string of the molecule is C=CC(=O)N1CCN(c2ncnc3cc(-c4ccc[nH]c4=O)c(Cl)cc23)CC1. The van der Waals surface area contributed by atoms with Crippen LogP contribution in [0.25, 0.3) is 22.0 Å². The number of anilines is 1. The standard InChI is InChI=1S/C20H18ClN5O2/c1-2-18(27)25-6-8-26(9-7-25)19-15-10-16(21)14(11-17(15)23-12-24-19)13-4-3-5-22-20(13)28/h2-5,10-12H,1,6-9H2,(H,22,28). The van der Waals surface area contributed by atoms with Crippen LogP contribution in [0, 0.1) is 0 Å². The number of amides is 1. The minimum Gasteiger partial charge on any atom is -0.352 e. The maximum atomic E-state index is 12.1. The largest absolute Gasteiger partial charge is 0.352 e. The van der Waals surface area contributed by atoms with Crippen molar-refractivity contribution in [3.63, 3.8) is 0 Å². The number of carbonyl (C=O) groups excluding carboxylic acids is 1. The van der Waals surface area contributed by atoms with Crippen molar-refractivity contribution < 1.29 is 4.79 Å². The number of aromatic nitrogens is 3. The van der Waals surface area contributed by atoms with Gasteiger partial charge in [-0.2, -0.15) is 0 Å². The van der Waals surface area contributed by atoms with Gasteiger partial charge >= 0.3 is 0 Å². The van der Waals surface area contributed by atoms with Gasteiger partial charge in [-0.05, 0) is 30.3 Å². The Kier molecular flexibility index (Phi) is 4.83. The fraction of sp³-hybridized carbons (Fsp3) is 0.200. The third-order valence-corrected chi connectivity index (χ3v) is 5.19. The number of pyridine rings is 1. The Morgan fingerprint density at radius 3 is 2.68 bits per heavy atom. The number of carbonyl (C=O) groups is 1. The Balaban J connectivity index is 1.71. The second-order valence-electron chi connectivity index (χ2n) is 6.48. The van der Waals surface area contributed by atoms with E-state index in [4.69, 9.17) is 11.6 Å². The van der Waals surface area contributed by atoms with E-state index < -0.39 is 0 Å². The first-order valence-corrected chi connectivity index (χ1v) is 9.25. The number of halogens is 1. The van der Waals surface area contributed by atoms with Gasteiger partial charge in [-0.15, -0.1) is 0 Å². The van der Waals surface area contributed by atoms with Gasteiger partial charge in [-0.25, -0.2) is 9.97 Å². The predicted molar refractivity (Wildman–Crippen MR) is 110 cm³/mol. The van der Waals surface area contributed by atoms with E-state index in [0.717, 1.165) is 11.2 Å². The molecule has 0 bridgehead atoms. The molecule has 0 atom stereocenters. The first-order chi connectivity index (χ1) is 13.6. The fourth-order valence-corrected chi connectivity index (χ4v) is 3.69. The number of nitrogens with zero attached hydrogens (tertiary/aromatic N) is 4. The Morgan fingerprint density at radius 2 is 1.96 bits per heavy atom. The summed E-state index contributed by atoms with van der Waals surface area (Å²) in [5, 5.41) is 1.27. The van der Waals surface area contributed by atoms with E-state index >= 15 is 0 Å². The highest BCUT2D eigenvalue weighted by atomic mass is 35.5. The third kappa shape index (κ3) is 3.25. The minimum absolute atomic E-state index is 0.0621. The topological polar surface area (TPSA) is 82.2 Å². The number of fused-ring (bicyclic) bond motifs is 1. The van der Waals surface area contributed by atoms with E-state index in [0.29, 0.717) is 47.8 Å². The lowest BCUT2D eigenvalue weighted by atomic mass is 10.0. The van der Waals surface area contributed by atoms with Crippen LogP contribution in [0.3, 0.4) is 0 Å². The highest BCUT2D eigenvalue weighted by molar-refractivity contribution is 6.34. The van der Waals surface area contributed by atoms with Crippen molar-refractivity contribution in [2.45, 2.75) is 0 Å². The van der Waals surface area contributed by atoms with E-state index in [9.17, 15) is 9.59 Å². The van der Waals surface area contributed by atoms with Gasteiger partial charge in [0.05, 0.1) is 5.52 Å². The van der Waals surface area contributed by atoms with Crippen LogP contribution in [0.5, 0.6) is 0 Å². The van der Waals surface area contributed by atoms with Crippen LogP contribution >= 0.6 is 11.6 Å². The summed E-state index contributed by atoms with van der Waals surface area (Å²) in [7, 11) is 0. The van der Waals surface area contributed by atoms with Crippen molar-refractivity contribution >= 4 is 34.2 Å². The Hall–Kier alpha value is -3.19. The highest BCUT2D eigenvalue weighted by Crippen LogP contribution is 2.33. The number of rotatable bonds is 3. The van der Waals surface area contributed by atoms with Gasteiger partial charge in [0, 0.05) is 53.9 Å². The van der Waals surface area contributed by atoms with E-state index in [2.05, 4.69) is 26.4 Å². The first kappa shape index (κ1) is 18.2. The highest BCUT2D eigenvalue weighted by Gasteiger charge is 2.22. The van der Waals surface area contributed by atoms with Crippen LogP contribution < -0.4 is 10.5 Å². The number of aromatic amines is 1. The lowest BCUT2D eigenvalue weighted by Gasteiger charge is -2.35. The van der Waals surface area contributed by atoms with E-state index in [1.54, 1.807) is 29.3 Å². The van der Waals surface area contributed by atoms with Crippen LogP contribution in [-0.2, 0) is 4.79 Å². The molecule has 1 amide bonds. The zero-order chi connectivity index (χ0) is 19.7. The molecule has 0 aliphatic carbocycles. The monoisotopic (exact) mass is 395 g/mol. The molecule has 0 unspecified atom stereocenters. The van der Waals surface area contributed by atoms with Gasteiger partial charge in [0.25, 0.3) is 5.56 Å². The zero-order valence-corrected chi connectivity index (χ0v) is 15.8. The zero-order valence-electron chi connectivity index (χ0n) is 15.1. The minimum atomic E-state index is -0.207. The second-order valence-corrected chi connectivity index (χ2v) is 6.88. The van der Waals surface area contributed by atoms with Crippen molar-refractivity contribution in [3.05, 3.63) is 64.8 Å². The molecule has 3 heterocycles. The fourth-order valence-electron chi connectivity index (χ4n) is 3.42. The molecule has 8 heteroatoms.